The normalized spacial score (nSPS) is 13.6. The largest absolute Gasteiger partial charge is 0.359 e. The Balaban J connectivity index is 2.98. The molecule has 0 amide bonds. The van der Waals surface area contributed by atoms with Gasteiger partial charge in [-0.15, -0.1) is 0 Å². The van der Waals surface area contributed by atoms with E-state index in [-0.39, 0.29) is 6.40 Å². The number of rotatable bonds is 14. The molecule has 0 aliphatic carbocycles. The summed E-state index contributed by atoms with van der Waals surface area (Å²) in [4.78, 5) is 0. The summed E-state index contributed by atoms with van der Waals surface area (Å²) >= 11 is 0. The highest BCUT2D eigenvalue weighted by atomic mass is 16.7. The van der Waals surface area contributed by atoms with Crippen molar-refractivity contribution < 1.29 is 10.8 Å². The van der Waals surface area contributed by atoms with E-state index >= 15 is 0 Å². The zero-order chi connectivity index (χ0) is 13.5. The lowest BCUT2D eigenvalue weighted by molar-refractivity contribution is -0.0315. The van der Waals surface area contributed by atoms with Crippen LogP contribution in [-0.4, -0.2) is 20.5 Å². The highest BCUT2D eigenvalue weighted by molar-refractivity contribution is 4.47. The van der Waals surface area contributed by atoms with Crippen molar-refractivity contribution in [3.8, 4) is 0 Å². The smallest absolute Gasteiger partial charge is 0.146 e. The molecule has 0 unspecified atom stereocenters. The van der Waals surface area contributed by atoms with E-state index in [0.717, 1.165) is 32.3 Å². The van der Waals surface area contributed by atoms with E-state index in [0.29, 0.717) is 6.79 Å². The molecular weight excluding hydrogens is 212 g/mol. The Labute approximate surface area is 109 Å². The zero-order valence-corrected chi connectivity index (χ0v) is 11.9. The molecule has 0 aliphatic heterocycles. The van der Waals surface area contributed by atoms with Gasteiger partial charge in [0.15, 0.2) is 0 Å². The fourth-order valence-electron chi connectivity index (χ4n) is 1.87. The maximum absolute atomic E-state index is 7.77. The highest BCUT2D eigenvalue weighted by Crippen LogP contribution is 2.11. The molecule has 0 saturated heterocycles. The van der Waals surface area contributed by atoms with Crippen LogP contribution >= 0.6 is 0 Å². The second-order valence-electron chi connectivity index (χ2n) is 4.66. The first-order chi connectivity index (χ1) is 8.81. The van der Waals surface area contributed by atoms with Gasteiger partial charge in [-0.05, 0) is 6.42 Å². The van der Waals surface area contributed by atoms with Gasteiger partial charge in [-0.25, -0.2) is 0 Å². The SMILES string of the molecule is [2H][C@H](CCC)CCCCCCCCCOCOC. The maximum atomic E-state index is 7.77. The first-order valence-corrected chi connectivity index (χ1v) is 7.30. The van der Waals surface area contributed by atoms with Crippen molar-refractivity contribution in [1.29, 1.82) is 0 Å². The van der Waals surface area contributed by atoms with Gasteiger partial charge >= 0.3 is 0 Å². The molecule has 17 heavy (non-hydrogen) atoms. The lowest BCUT2D eigenvalue weighted by Crippen LogP contribution is -1.98. The highest BCUT2D eigenvalue weighted by Gasteiger charge is 1.93. The van der Waals surface area contributed by atoms with Crippen LogP contribution in [0.4, 0.5) is 0 Å². The first kappa shape index (κ1) is 15.0. The lowest BCUT2D eigenvalue weighted by Gasteiger charge is -2.03. The van der Waals surface area contributed by atoms with Crippen LogP contribution in [-0.2, 0) is 9.47 Å². The van der Waals surface area contributed by atoms with Crippen molar-refractivity contribution in [2.24, 2.45) is 0 Å². The molecule has 2 nitrogen and oxygen atoms in total. The number of hydrogen-bond donors (Lipinski definition) is 0. The third-order valence-electron chi connectivity index (χ3n) is 2.89. The molecular formula is C15H32O2. The summed E-state index contributed by atoms with van der Waals surface area (Å²) in [5.41, 5.74) is 0. The molecule has 0 saturated carbocycles. The fraction of sp³-hybridized carbons (Fsp3) is 1.00. The molecule has 0 fully saturated rings. The van der Waals surface area contributed by atoms with Gasteiger partial charge in [0.1, 0.15) is 6.79 Å². The quantitative estimate of drug-likeness (QED) is 0.319. The molecule has 2 heteroatoms. The lowest BCUT2D eigenvalue weighted by atomic mass is 10.1. The van der Waals surface area contributed by atoms with Crippen LogP contribution in [0.3, 0.4) is 0 Å². The van der Waals surface area contributed by atoms with Gasteiger partial charge in [0.25, 0.3) is 0 Å². The van der Waals surface area contributed by atoms with E-state index < -0.39 is 0 Å². The van der Waals surface area contributed by atoms with Crippen LogP contribution in [0.1, 0.15) is 78.9 Å². The molecule has 0 bridgehead atoms. The van der Waals surface area contributed by atoms with Crippen LogP contribution in [0.15, 0.2) is 0 Å². The Hall–Kier alpha value is -0.0800. The van der Waals surface area contributed by atoms with Crippen molar-refractivity contribution in [2.75, 3.05) is 20.5 Å². The standard InChI is InChI=1S/C15H32O2/c1-3-4-5-6-7-8-9-10-11-12-13-14-17-15-16-2/h3-15H2,1-2H3/i5D/t5-/m1/s1. The summed E-state index contributed by atoms with van der Waals surface area (Å²) in [6.07, 6.45) is 12.4. The Morgan fingerprint density at radius 3 is 2.00 bits per heavy atom. The minimum atomic E-state index is 0.188. The van der Waals surface area contributed by atoms with Crippen molar-refractivity contribution in [2.45, 2.75) is 77.5 Å². The molecule has 1 atom stereocenters. The van der Waals surface area contributed by atoms with Crippen molar-refractivity contribution in [3.05, 3.63) is 0 Å². The van der Waals surface area contributed by atoms with Gasteiger partial charge in [0.05, 0.1) is 0 Å². The van der Waals surface area contributed by atoms with E-state index in [4.69, 9.17) is 10.8 Å². The molecule has 0 radical (unpaired) electrons. The molecule has 0 spiro atoms. The van der Waals surface area contributed by atoms with Gasteiger partial charge in [-0.2, -0.15) is 0 Å². The zero-order valence-electron chi connectivity index (χ0n) is 12.9. The Kier molecular flexibility index (Phi) is 14.0. The summed E-state index contributed by atoms with van der Waals surface area (Å²) in [5.74, 6) is 0. The summed E-state index contributed by atoms with van der Waals surface area (Å²) in [7, 11) is 1.65. The van der Waals surface area contributed by atoms with E-state index in [2.05, 4.69) is 6.92 Å². The van der Waals surface area contributed by atoms with Gasteiger partial charge in [0, 0.05) is 15.1 Å². The molecule has 104 valence electrons. The van der Waals surface area contributed by atoms with Gasteiger partial charge < -0.3 is 9.47 Å². The summed E-state index contributed by atoms with van der Waals surface area (Å²) < 4.78 is 17.8. The van der Waals surface area contributed by atoms with Gasteiger partial charge in [-0.1, -0.05) is 71.1 Å². The van der Waals surface area contributed by atoms with E-state index in [1.807, 2.05) is 0 Å². The van der Waals surface area contributed by atoms with Crippen molar-refractivity contribution in [3.63, 3.8) is 0 Å². The number of unbranched alkanes of at least 4 members (excludes halogenated alkanes) is 6. The average Bonchev–Trinajstić information content (AvgIpc) is 2.36. The molecule has 0 rings (SSSR count). The Morgan fingerprint density at radius 2 is 1.41 bits per heavy atom. The Morgan fingerprint density at radius 1 is 0.824 bits per heavy atom. The van der Waals surface area contributed by atoms with Crippen molar-refractivity contribution >= 4 is 0 Å². The molecule has 0 aliphatic rings. The van der Waals surface area contributed by atoms with Crippen LogP contribution in [0.25, 0.3) is 0 Å². The molecule has 0 heterocycles. The summed E-state index contributed by atoms with van der Waals surface area (Å²) in [6, 6.07) is 0. The second-order valence-corrected chi connectivity index (χ2v) is 4.66. The molecule has 0 aromatic heterocycles. The Bertz CT molecular complexity index is 153. The monoisotopic (exact) mass is 245 g/mol. The van der Waals surface area contributed by atoms with Gasteiger partial charge in [-0.3, -0.25) is 0 Å². The third kappa shape index (κ3) is 15.9. The summed E-state index contributed by atoms with van der Waals surface area (Å²) in [6.45, 7) is 3.41. The predicted octanol–water partition coefficient (Wildman–Crippen LogP) is 4.92. The van der Waals surface area contributed by atoms with Crippen LogP contribution in [0.5, 0.6) is 0 Å². The topological polar surface area (TPSA) is 18.5 Å². The average molecular weight is 245 g/mol. The minimum absolute atomic E-state index is 0.188. The number of methoxy groups -OCH3 is 1. The van der Waals surface area contributed by atoms with E-state index in [1.54, 1.807) is 7.11 Å². The molecule has 0 aromatic carbocycles. The minimum Gasteiger partial charge on any atom is -0.359 e. The number of hydrogen-bond acceptors (Lipinski definition) is 2. The maximum Gasteiger partial charge on any atom is 0.146 e. The van der Waals surface area contributed by atoms with E-state index in [9.17, 15) is 0 Å². The number of ether oxygens (including phenoxy) is 2. The van der Waals surface area contributed by atoms with Crippen LogP contribution in [0, 0.1) is 0 Å². The third-order valence-corrected chi connectivity index (χ3v) is 2.89. The second kappa shape index (κ2) is 15.9. The first-order valence-electron chi connectivity index (χ1n) is 7.88. The predicted molar refractivity (Wildman–Crippen MR) is 74.3 cm³/mol. The van der Waals surface area contributed by atoms with Crippen LogP contribution < -0.4 is 0 Å². The summed E-state index contributed by atoms with van der Waals surface area (Å²) in [5, 5.41) is 0. The molecule has 0 N–H and O–H groups in total. The van der Waals surface area contributed by atoms with Crippen molar-refractivity contribution in [1.82, 2.24) is 0 Å². The molecule has 0 aromatic rings. The van der Waals surface area contributed by atoms with Crippen LogP contribution in [0.2, 0.25) is 0 Å². The van der Waals surface area contributed by atoms with E-state index in [1.165, 1.54) is 38.5 Å². The van der Waals surface area contributed by atoms with Gasteiger partial charge in [0.2, 0.25) is 0 Å². The fourth-order valence-corrected chi connectivity index (χ4v) is 1.87.